The number of nitrogens with zero attached hydrogens (tertiary/aromatic N) is 3. The van der Waals surface area contributed by atoms with Gasteiger partial charge < -0.3 is 11.1 Å². The Morgan fingerprint density at radius 3 is 2.52 bits per heavy atom. The van der Waals surface area contributed by atoms with Crippen molar-refractivity contribution < 1.29 is 0 Å². The Labute approximate surface area is 120 Å². The maximum atomic E-state index is 11.6. The fraction of sp³-hybridized carbons (Fsp3) is 0. The standard InChI is InChI=1S/C15H13N5O/c16-12-10-14(21)19-15(18-11-6-2-1-3-7-11)20(12)13-8-4-5-9-17-13/h1-10H,16H2,(H,18,19,21). The van der Waals surface area contributed by atoms with E-state index in [9.17, 15) is 4.79 Å². The molecule has 6 heteroatoms. The van der Waals surface area contributed by atoms with Crippen molar-refractivity contribution in [3.8, 4) is 5.82 Å². The topological polar surface area (TPSA) is 85.8 Å². The fourth-order valence-corrected chi connectivity index (χ4v) is 1.96. The molecule has 0 spiro atoms. The number of hydrogen-bond donors (Lipinski definition) is 2. The molecule has 3 N–H and O–H groups in total. The molecular weight excluding hydrogens is 266 g/mol. The molecule has 0 saturated carbocycles. The van der Waals surface area contributed by atoms with Crippen molar-refractivity contribution in [1.82, 2.24) is 14.5 Å². The SMILES string of the molecule is Nc1cc(=O)nc(Nc2ccccc2)n1-c1ccccn1. The van der Waals surface area contributed by atoms with Gasteiger partial charge in [-0.2, -0.15) is 4.98 Å². The van der Waals surface area contributed by atoms with Crippen molar-refractivity contribution in [2.75, 3.05) is 11.1 Å². The Bertz CT molecular complexity index is 799. The first-order valence-electron chi connectivity index (χ1n) is 6.37. The largest absolute Gasteiger partial charge is 0.385 e. The average molecular weight is 279 g/mol. The molecule has 3 aromatic rings. The quantitative estimate of drug-likeness (QED) is 0.765. The molecule has 0 aliphatic heterocycles. The number of rotatable bonds is 3. The van der Waals surface area contributed by atoms with Gasteiger partial charge in [0.25, 0.3) is 5.56 Å². The molecule has 2 aromatic heterocycles. The number of aromatic nitrogens is 3. The van der Waals surface area contributed by atoms with Crippen molar-refractivity contribution in [2.45, 2.75) is 0 Å². The predicted octanol–water partition coefficient (Wildman–Crippen LogP) is 1.95. The molecule has 0 saturated heterocycles. The maximum Gasteiger partial charge on any atom is 0.276 e. The summed E-state index contributed by atoms with van der Waals surface area (Å²) in [5, 5.41) is 3.08. The fourth-order valence-electron chi connectivity index (χ4n) is 1.96. The zero-order chi connectivity index (χ0) is 14.7. The van der Waals surface area contributed by atoms with E-state index < -0.39 is 5.56 Å². The van der Waals surface area contributed by atoms with Crippen LogP contribution in [0.15, 0.2) is 65.6 Å². The van der Waals surface area contributed by atoms with Gasteiger partial charge in [0.15, 0.2) is 0 Å². The van der Waals surface area contributed by atoms with Crippen LogP contribution in [0.25, 0.3) is 5.82 Å². The van der Waals surface area contributed by atoms with Gasteiger partial charge in [-0.15, -0.1) is 0 Å². The highest BCUT2D eigenvalue weighted by Crippen LogP contribution is 2.19. The molecule has 0 radical (unpaired) electrons. The van der Waals surface area contributed by atoms with Crippen LogP contribution in [0.5, 0.6) is 0 Å². The number of nitrogens with two attached hydrogens (primary N) is 1. The van der Waals surface area contributed by atoms with E-state index in [2.05, 4.69) is 15.3 Å². The minimum Gasteiger partial charge on any atom is -0.385 e. The summed E-state index contributed by atoms with van der Waals surface area (Å²) in [5.74, 6) is 1.18. The zero-order valence-electron chi connectivity index (χ0n) is 11.1. The third-order valence-electron chi connectivity index (χ3n) is 2.87. The second kappa shape index (κ2) is 5.46. The molecular formula is C15H13N5O. The van der Waals surface area contributed by atoms with Crippen LogP contribution in [0.1, 0.15) is 0 Å². The van der Waals surface area contributed by atoms with Gasteiger partial charge in [0.2, 0.25) is 5.95 Å². The van der Waals surface area contributed by atoms with E-state index in [4.69, 9.17) is 5.73 Å². The van der Waals surface area contributed by atoms with Gasteiger partial charge in [-0.1, -0.05) is 24.3 Å². The highest BCUT2D eigenvalue weighted by molar-refractivity contribution is 5.57. The lowest BCUT2D eigenvalue weighted by atomic mass is 10.3. The van der Waals surface area contributed by atoms with Crippen LogP contribution in [0, 0.1) is 0 Å². The van der Waals surface area contributed by atoms with Gasteiger partial charge in [-0.25, -0.2) is 9.55 Å². The van der Waals surface area contributed by atoms with Crippen molar-refractivity contribution in [3.63, 3.8) is 0 Å². The van der Waals surface area contributed by atoms with Crippen molar-refractivity contribution in [3.05, 3.63) is 71.1 Å². The first-order valence-corrected chi connectivity index (χ1v) is 6.37. The van der Waals surface area contributed by atoms with E-state index >= 15 is 0 Å². The van der Waals surface area contributed by atoms with Gasteiger partial charge in [-0.05, 0) is 24.3 Å². The van der Waals surface area contributed by atoms with Gasteiger partial charge in [0.05, 0.1) is 0 Å². The van der Waals surface area contributed by atoms with E-state index in [1.807, 2.05) is 36.4 Å². The Kier molecular flexibility index (Phi) is 3.34. The molecule has 0 aliphatic rings. The molecule has 0 fully saturated rings. The lowest BCUT2D eigenvalue weighted by Crippen LogP contribution is -2.18. The van der Waals surface area contributed by atoms with Crippen LogP contribution in [-0.4, -0.2) is 14.5 Å². The number of nitrogens with one attached hydrogen (secondary N) is 1. The zero-order valence-corrected chi connectivity index (χ0v) is 11.1. The predicted molar refractivity (Wildman–Crippen MR) is 81.8 cm³/mol. The van der Waals surface area contributed by atoms with Gasteiger partial charge in [-0.3, -0.25) is 4.79 Å². The van der Waals surface area contributed by atoms with Crippen molar-refractivity contribution in [2.24, 2.45) is 0 Å². The number of benzene rings is 1. The van der Waals surface area contributed by atoms with Crippen molar-refractivity contribution in [1.29, 1.82) is 0 Å². The molecule has 6 nitrogen and oxygen atoms in total. The summed E-state index contributed by atoms with van der Waals surface area (Å²) in [6.07, 6.45) is 1.65. The number of pyridine rings is 1. The molecule has 21 heavy (non-hydrogen) atoms. The van der Waals surface area contributed by atoms with E-state index in [0.29, 0.717) is 11.8 Å². The van der Waals surface area contributed by atoms with E-state index in [1.165, 1.54) is 6.07 Å². The molecule has 0 atom stereocenters. The van der Waals surface area contributed by atoms with Crippen LogP contribution < -0.4 is 16.6 Å². The monoisotopic (exact) mass is 279 g/mol. The summed E-state index contributed by atoms with van der Waals surface area (Å²) in [7, 11) is 0. The molecule has 0 unspecified atom stereocenters. The van der Waals surface area contributed by atoms with E-state index in [1.54, 1.807) is 22.9 Å². The molecule has 1 aromatic carbocycles. The second-order valence-corrected chi connectivity index (χ2v) is 4.36. The Morgan fingerprint density at radius 2 is 1.81 bits per heavy atom. The molecule has 0 bridgehead atoms. The highest BCUT2D eigenvalue weighted by atomic mass is 16.1. The summed E-state index contributed by atoms with van der Waals surface area (Å²) in [6, 6.07) is 16.1. The summed E-state index contributed by atoms with van der Waals surface area (Å²) >= 11 is 0. The van der Waals surface area contributed by atoms with Crippen LogP contribution >= 0.6 is 0 Å². The minimum atomic E-state index is -0.405. The Hall–Kier alpha value is -3.15. The minimum absolute atomic E-state index is 0.270. The molecule has 0 aliphatic carbocycles. The summed E-state index contributed by atoms with van der Waals surface area (Å²) < 4.78 is 1.59. The normalized spacial score (nSPS) is 10.3. The van der Waals surface area contributed by atoms with Crippen molar-refractivity contribution >= 4 is 17.5 Å². The van der Waals surface area contributed by atoms with Crippen LogP contribution in [-0.2, 0) is 0 Å². The first-order chi connectivity index (χ1) is 10.2. The smallest absolute Gasteiger partial charge is 0.276 e. The lowest BCUT2D eigenvalue weighted by molar-refractivity contribution is 0.948. The summed E-state index contributed by atoms with van der Waals surface area (Å²) in [6.45, 7) is 0. The molecule has 0 amide bonds. The van der Waals surface area contributed by atoms with Gasteiger partial charge >= 0.3 is 0 Å². The third-order valence-corrected chi connectivity index (χ3v) is 2.87. The summed E-state index contributed by atoms with van der Waals surface area (Å²) in [4.78, 5) is 19.8. The number of nitrogen functional groups attached to an aromatic ring is 1. The van der Waals surface area contributed by atoms with E-state index in [0.717, 1.165) is 5.69 Å². The first kappa shape index (κ1) is 12.9. The van der Waals surface area contributed by atoms with Crippen LogP contribution in [0.4, 0.5) is 17.5 Å². The third kappa shape index (κ3) is 2.74. The lowest BCUT2D eigenvalue weighted by Gasteiger charge is -2.15. The van der Waals surface area contributed by atoms with Gasteiger partial charge in [0.1, 0.15) is 11.6 Å². The number of anilines is 3. The highest BCUT2D eigenvalue weighted by Gasteiger charge is 2.10. The summed E-state index contributed by atoms with van der Waals surface area (Å²) in [5.41, 5.74) is 6.35. The Morgan fingerprint density at radius 1 is 1.05 bits per heavy atom. The maximum absolute atomic E-state index is 11.6. The molecule has 3 rings (SSSR count). The number of para-hydroxylation sites is 1. The van der Waals surface area contributed by atoms with Crippen LogP contribution in [0.2, 0.25) is 0 Å². The Balaban J connectivity index is 2.13. The molecule has 2 heterocycles. The number of hydrogen-bond acceptors (Lipinski definition) is 5. The second-order valence-electron chi connectivity index (χ2n) is 4.36. The van der Waals surface area contributed by atoms with E-state index in [-0.39, 0.29) is 5.82 Å². The van der Waals surface area contributed by atoms with Gasteiger partial charge in [0, 0.05) is 18.0 Å². The van der Waals surface area contributed by atoms with Crippen LogP contribution in [0.3, 0.4) is 0 Å². The average Bonchev–Trinajstić information content (AvgIpc) is 2.48. The molecule has 104 valence electrons.